The zero-order valence-electron chi connectivity index (χ0n) is 17.8. The van der Waals surface area contributed by atoms with Crippen LogP contribution in [0.3, 0.4) is 0 Å². The quantitative estimate of drug-likeness (QED) is 0.495. The van der Waals surface area contributed by atoms with Gasteiger partial charge in [0.25, 0.3) is 0 Å². The van der Waals surface area contributed by atoms with Crippen LogP contribution in [0.4, 0.5) is 0 Å². The van der Waals surface area contributed by atoms with Crippen molar-refractivity contribution in [1.82, 2.24) is 10.0 Å². The Labute approximate surface area is 193 Å². The Morgan fingerprint density at radius 2 is 1.69 bits per heavy atom. The first-order valence-electron chi connectivity index (χ1n) is 10.0. The van der Waals surface area contributed by atoms with Crippen molar-refractivity contribution in [2.75, 3.05) is 7.11 Å². The molecule has 0 heterocycles. The lowest BCUT2D eigenvalue weighted by Gasteiger charge is -2.19. The van der Waals surface area contributed by atoms with Gasteiger partial charge in [0.05, 0.1) is 17.0 Å². The van der Waals surface area contributed by atoms with Crippen LogP contribution in [0, 0.1) is 6.92 Å². The number of hydrogen-bond donors (Lipinski definition) is 2. The van der Waals surface area contributed by atoms with Crippen molar-refractivity contribution in [1.29, 1.82) is 0 Å². The number of rotatable bonds is 9. The van der Waals surface area contributed by atoms with Crippen molar-refractivity contribution < 1.29 is 17.9 Å². The molecule has 0 aliphatic heterocycles. The largest absolute Gasteiger partial charge is 0.495 e. The van der Waals surface area contributed by atoms with Gasteiger partial charge in [0.2, 0.25) is 15.9 Å². The van der Waals surface area contributed by atoms with Crippen molar-refractivity contribution in [3.63, 3.8) is 0 Å². The number of carbonyl (C=O) groups excluding carboxylic acids is 1. The number of hydrogen-bond acceptors (Lipinski definition) is 4. The van der Waals surface area contributed by atoms with E-state index >= 15 is 0 Å². The Kier molecular flexibility index (Phi) is 7.90. The fraction of sp³-hybridized carbons (Fsp3) is 0.208. The monoisotopic (exact) mass is 472 g/mol. The third kappa shape index (κ3) is 6.32. The van der Waals surface area contributed by atoms with E-state index in [1.807, 2.05) is 61.5 Å². The molecule has 6 nitrogen and oxygen atoms in total. The van der Waals surface area contributed by atoms with E-state index in [0.29, 0.717) is 12.3 Å². The fourth-order valence-corrected chi connectivity index (χ4v) is 4.67. The summed E-state index contributed by atoms with van der Waals surface area (Å²) in [5.74, 6) is -0.0556. The lowest BCUT2D eigenvalue weighted by atomic mass is 10.1. The van der Waals surface area contributed by atoms with Crippen LogP contribution in [0.15, 0.2) is 77.7 Å². The molecule has 0 aliphatic carbocycles. The number of carbonyl (C=O) groups is 1. The molecule has 0 aromatic heterocycles. The van der Waals surface area contributed by atoms with E-state index in [0.717, 1.165) is 16.7 Å². The first kappa shape index (κ1) is 23.8. The molecule has 32 heavy (non-hydrogen) atoms. The highest BCUT2D eigenvalue weighted by molar-refractivity contribution is 7.89. The SMILES string of the molecule is COc1ccc(S(=O)(=O)N[C@@H](Cc2ccccc2)C(=O)NCc2ccc(C)cc2)cc1Cl. The molecule has 168 valence electrons. The molecule has 1 atom stereocenters. The van der Waals surface area contributed by atoms with Crippen molar-refractivity contribution in [3.8, 4) is 5.75 Å². The summed E-state index contributed by atoms with van der Waals surface area (Å²) < 4.78 is 33.6. The van der Waals surface area contributed by atoms with E-state index in [1.54, 1.807) is 0 Å². The molecule has 0 unspecified atom stereocenters. The average molecular weight is 473 g/mol. The summed E-state index contributed by atoms with van der Waals surface area (Å²) in [4.78, 5) is 12.9. The molecule has 8 heteroatoms. The molecule has 1 amide bonds. The third-order valence-electron chi connectivity index (χ3n) is 4.92. The van der Waals surface area contributed by atoms with Gasteiger partial charge < -0.3 is 10.1 Å². The Bertz CT molecular complexity index is 1170. The smallest absolute Gasteiger partial charge is 0.241 e. The van der Waals surface area contributed by atoms with Gasteiger partial charge in [-0.05, 0) is 42.7 Å². The number of halogens is 1. The minimum Gasteiger partial charge on any atom is -0.495 e. The van der Waals surface area contributed by atoms with Crippen LogP contribution in [0.25, 0.3) is 0 Å². The van der Waals surface area contributed by atoms with E-state index in [2.05, 4.69) is 10.0 Å². The predicted octanol–water partition coefficient (Wildman–Crippen LogP) is 3.86. The highest BCUT2D eigenvalue weighted by Crippen LogP contribution is 2.27. The number of nitrogens with one attached hydrogen (secondary N) is 2. The van der Waals surface area contributed by atoms with E-state index in [1.165, 1.54) is 25.3 Å². The first-order valence-corrected chi connectivity index (χ1v) is 11.9. The van der Waals surface area contributed by atoms with E-state index < -0.39 is 22.0 Å². The molecule has 0 saturated heterocycles. The summed E-state index contributed by atoms with van der Waals surface area (Å²) in [7, 11) is -2.57. The fourth-order valence-electron chi connectivity index (χ4n) is 3.13. The van der Waals surface area contributed by atoms with Crippen molar-refractivity contribution in [2.45, 2.75) is 30.8 Å². The number of methoxy groups -OCH3 is 1. The van der Waals surface area contributed by atoms with Gasteiger partial charge in [-0.2, -0.15) is 4.72 Å². The molecule has 0 aliphatic rings. The molecular weight excluding hydrogens is 448 g/mol. The summed E-state index contributed by atoms with van der Waals surface area (Å²) >= 11 is 6.10. The van der Waals surface area contributed by atoms with E-state index in [9.17, 15) is 13.2 Å². The number of aryl methyl sites for hydroxylation is 1. The van der Waals surface area contributed by atoms with Crippen LogP contribution in [-0.4, -0.2) is 27.5 Å². The second-order valence-corrected chi connectivity index (χ2v) is 9.48. The van der Waals surface area contributed by atoms with Gasteiger partial charge in [0.15, 0.2) is 0 Å². The maximum Gasteiger partial charge on any atom is 0.241 e. The summed E-state index contributed by atoms with van der Waals surface area (Å²) in [6.45, 7) is 2.28. The maximum absolute atomic E-state index is 13.0. The highest BCUT2D eigenvalue weighted by atomic mass is 35.5. The highest BCUT2D eigenvalue weighted by Gasteiger charge is 2.26. The lowest BCUT2D eigenvalue weighted by Crippen LogP contribution is -2.47. The number of sulfonamides is 1. The molecule has 0 spiro atoms. The standard InChI is InChI=1S/C24H25ClN2O4S/c1-17-8-10-19(11-9-17)16-26-24(28)22(14-18-6-4-3-5-7-18)27-32(29,30)20-12-13-23(31-2)21(25)15-20/h3-13,15,22,27H,14,16H2,1-2H3,(H,26,28)/t22-/m0/s1. The van der Waals surface area contributed by atoms with Crippen LogP contribution in [0.5, 0.6) is 5.75 Å². The second-order valence-electron chi connectivity index (χ2n) is 7.36. The molecular formula is C24H25ClN2O4S. The molecule has 0 fully saturated rings. The van der Waals surface area contributed by atoms with Crippen molar-refractivity contribution in [2.24, 2.45) is 0 Å². The van der Waals surface area contributed by atoms with E-state index in [-0.39, 0.29) is 16.3 Å². The second kappa shape index (κ2) is 10.6. The van der Waals surface area contributed by atoms with Crippen molar-refractivity contribution >= 4 is 27.5 Å². The lowest BCUT2D eigenvalue weighted by molar-refractivity contribution is -0.122. The van der Waals surface area contributed by atoms with Gasteiger partial charge in [0, 0.05) is 6.54 Å². The Hall–Kier alpha value is -2.87. The van der Waals surface area contributed by atoms with Crippen LogP contribution >= 0.6 is 11.6 Å². The van der Waals surface area contributed by atoms with Gasteiger partial charge in [-0.3, -0.25) is 4.79 Å². The van der Waals surface area contributed by atoms with E-state index in [4.69, 9.17) is 16.3 Å². The molecule has 3 aromatic rings. The normalized spacial score (nSPS) is 12.2. The Morgan fingerprint density at radius 3 is 2.31 bits per heavy atom. The topological polar surface area (TPSA) is 84.5 Å². The summed E-state index contributed by atoms with van der Waals surface area (Å²) in [5.41, 5.74) is 2.87. The first-order chi connectivity index (χ1) is 15.3. The molecule has 3 rings (SSSR count). The van der Waals surface area contributed by atoms with Gasteiger partial charge >= 0.3 is 0 Å². The molecule has 2 N–H and O–H groups in total. The minimum atomic E-state index is -4.01. The molecule has 3 aromatic carbocycles. The summed E-state index contributed by atoms with van der Waals surface area (Å²) in [6.07, 6.45) is 0.198. The average Bonchev–Trinajstić information content (AvgIpc) is 2.78. The zero-order chi connectivity index (χ0) is 23.1. The summed E-state index contributed by atoms with van der Waals surface area (Å²) in [6, 6.07) is 20.1. The maximum atomic E-state index is 13.0. The van der Waals surface area contributed by atoms with Gasteiger partial charge in [-0.25, -0.2) is 8.42 Å². The van der Waals surface area contributed by atoms with Crippen LogP contribution in [0.2, 0.25) is 5.02 Å². The molecule has 0 saturated carbocycles. The number of amides is 1. The zero-order valence-corrected chi connectivity index (χ0v) is 19.4. The number of ether oxygens (including phenoxy) is 1. The van der Waals surface area contributed by atoms with Gasteiger partial charge in [-0.1, -0.05) is 71.8 Å². The van der Waals surface area contributed by atoms with Gasteiger partial charge in [-0.15, -0.1) is 0 Å². The molecule has 0 bridgehead atoms. The third-order valence-corrected chi connectivity index (χ3v) is 6.68. The Balaban J connectivity index is 1.80. The van der Waals surface area contributed by atoms with Gasteiger partial charge in [0.1, 0.15) is 11.8 Å². The van der Waals surface area contributed by atoms with Crippen LogP contribution in [-0.2, 0) is 27.8 Å². The summed E-state index contributed by atoms with van der Waals surface area (Å²) in [5, 5.41) is 3.00. The minimum absolute atomic E-state index is 0.0484. The number of benzene rings is 3. The predicted molar refractivity (Wildman–Crippen MR) is 125 cm³/mol. The molecule has 0 radical (unpaired) electrons. The Morgan fingerprint density at radius 1 is 1.00 bits per heavy atom. The van der Waals surface area contributed by atoms with Crippen LogP contribution in [0.1, 0.15) is 16.7 Å². The van der Waals surface area contributed by atoms with Crippen molar-refractivity contribution in [3.05, 3.63) is 94.5 Å². The van der Waals surface area contributed by atoms with Crippen LogP contribution < -0.4 is 14.8 Å².